The highest BCUT2D eigenvalue weighted by Gasteiger charge is 2.16. The van der Waals surface area contributed by atoms with Gasteiger partial charge in [0.15, 0.2) is 9.84 Å². The summed E-state index contributed by atoms with van der Waals surface area (Å²) in [6.07, 6.45) is 8.42. The topological polar surface area (TPSA) is 77.8 Å². The molecule has 3 heterocycles. The smallest absolute Gasteiger partial charge is 0.311 e. The van der Waals surface area contributed by atoms with E-state index in [9.17, 15) is 13.2 Å². The first-order chi connectivity index (χ1) is 16.2. The average molecular weight is 520 g/mol. The summed E-state index contributed by atoms with van der Waals surface area (Å²) < 4.78 is 29.0. The molecule has 1 aromatic carbocycles. The van der Waals surface area contributed by atoms with Crippen LogP contribution in [0.15, 0.2) is 89.1 Å². The van der Waals surface area contributed by atoms with E-state index in [2.05, 4.69) is 5.10 Å². The fraction of sp³-hybridized carbons (Fsp3) is 0.208. The third-order valence-electron chi connectivity index (χ3n) is 5.02. The Kier molecular flexibility index (Phi) is 8.66. The Balaban J connectivity index is 0.000000202. The number of aryl methyl sites for hydroxylation is 1. The van der Waals surface area contributed by atoms with Crippen LogP contribution in [-0.4, -0.2) is 29.0 Å². The summed E-state index contributed by atoms with van der Waals surface area (Å²) in [7, 11) is -1.39. The standard InChI is InChI=1S/C14H14ClNO3S.C10H11ClN3/c1-20(18,19)13-8-11(9-15)5-6-12(13)10-16-7-3-2-4-14(16)17;1-13-6-2-4-9(8-11)10(13)14-7-3-5-12-14/h2-8H,9-10H2,1H3;2-7H,8H2,1H3/q;+1. The Bertz CT molecular complexity index is 1420. The number of rotatable bonds is 6. The summed E-state index contributed by atoms with van der Waals surface area (Å²) in [5.41, 5.74) is 2.21. The third kappa shape index (κ3) is 6.34. The molecule has 0 fully saturated rings. The van der Waals surface area contributed by atoms with Crippen LogP contribution in [-0.2, 0) is 35.2 Å². The molecule has 0 aliphatic carbocycles. The Hall–Kier alpha value is -2.94. The molecule has 10 heteroatoms. The molecule has 178 valence electrons. The fourth-order valence-corrected chi connectivity index (χ4v) is 4.75. The normalized spacial score (nSPS) is 11.1. The summed E-state index contributed by atoms with van der Waals surface area (Å²) in [5, 5.41) is 4.19. The Labute approximate surface area is 208 Å². The summed E-state index contributed by atoms with van der Waals surface area (Å²) in [6, 6.07) is 15.7. The van der Waals surface area contributed by atoms with Crippen LogP contribution in [0.3, 0.4) is 0 Å². The van der Waals surface area contributed by atoms with Gasteiger partial charge in [-0.1, -0.05) is 23.3 Å². The molecule has 0 aliphatic heterocycles. The van der Waals surface area contributed by atoms with Gasteiger partial charge >= 0.3 is 5.82 Å². The van der Waals surface area contributed by atoms with Crippen LogP contribution < -0.4 is 10.1 Å². The lowest BCUT2D eigenvalue weighted by atomic mass is 10.1. The number of nitrogens with zero attached hydrogens (tertiary/aromatic N) is 4. The molecule has 0 aliphatic rings. The van der Waals surface area contributed by atoms with Gasteiger partial charge in [-0.25, -0.2) is 13.0 Å². The molecule has 0 radical (unpaired) electrons. The molecule has 0 unspecified atom stereocenters. The minimum Gasteiger partial charge on any atom is -0.311 e. The largest absolute Gasteiger partial charge is 0.311 e. The van der Waals surface area contributed by atoms with Gasteiger partial charge in [-0.2, -0.15) is 0 Å². The Morgan fingerprint density at radius 3 is 2.38 bits per heavy atom. The maximum absolute atomic E-state index is 11.9. The van der Waals surface area contributed by atoms with Gasteiger partial charge in [0.05, 0.1) is 42.3 Å². The van der Waals surface area contributed by atoms with E-state index in [-0.39, 0.29) is 22.9 Å². The molecule has 0 saturated carbocycles. The van der Waals surface area contributed by atoms with Crippen molar-refractivity contribution < 1.29 is 13.0 Å². The second-order valence-corrected chi connectivity index (χ2v) is 10.1. The van der Waals surface area contributed by atoms with Crippen molar-refractivity contribution in [3.05, 3.63) is 106 Å². The van der Waals surface area contributed by atoms with Crippen molar-refractivity contribution in [2.24, 2.45) is 7.05 Å². The van der Waals surface area contributed by atoms with Crippen LogP contribution in [0.25, 0.3) is 5.82 Å². The minimum absolute atomic E-state index is 0.173. The quantitative estimate of drug-likeness (QED) is 0.288. The maximum atomic E-state index is 11.9. The van der Waals surface area contributed by atoms with Gasteiger partial charge in [0, 0.05) is 30.5 Å². The second kappa shape index (κ2) is 11.5. The SMILES string of the molecule is CS(=O)(=O)c1cc(CCl)ccc1Cn1ccccc1=O.C[n+]1cccc(CCl)c1-n1cccn1. The fourth-order valence-electron chi connectivity index (χ4n) is 3.40. The number of hydrogen-bond donors (Lipinski definition) is 0. The van der Waals surface area contributed by atoms with Crippen LogP contribution in [0.2, 0.25) is 0 Å². The van der Waals surface area contributed by atoms with E-state index in [0.717, 1.165) is 23.2 Å². The zero-order valence-electron chi connectivity index (χ0n) is 18.8. The van der Waals surface area contributed by atoms with Crippen molar-refractivity contribution in [3.8, 4) is 5.82 Å². The van der Waals surface area contributed by atoms with Crippen LogP contribution in [0.5, 0.6) is 0 Å². The van der Waals surface area contributed by atoms with Crippen LogP contribution in [0.4, 0.5) is 0 Å². The number of pyridine rings is 2. The highest BCUT2D eigenvalue weighted by Crippen LogP contribution is 2.20. The van der Waals surface area contributed by atoms with Crippen molar-refractivity contribution in [2.75, 3.05) is 6.26 Å². The average Bonchev–Trinajstić information content (AvgIpc) is 3.34. The van der Waals surface area contributed by atoms with E-state index < -0.39 is 9.84 Å². The van der Waals surface area contributed by atoms with E-state index in [1.54, 1.807) is 42.7 Å². The van der Waals surface area contributed by atoms with E-state index in [1.165, 1.54) is 10.6 Å². The highest BCUT2D eigenvalue weighted by molar-refractivity contribution is 7.90. The zero-order valence-corrected chi connectivity index (χ0v) is 21.1. The number of halogens is 2. The van der Waals surface area contributed by atoms with Crippen molar-refractivity contribution in [1.82, 2.24) is 14.3 Å². The van der Waals surface area contributed by atoms with Gasteiger partial charge < -0.3 is 4.57 Å². The predicted molar refractivity (Wildman–Crippen MR) is 133 cm³/mol. The summed E-state index contributed by atoms with van der Waals surface area (Å²) in [5.74, 6) is 1.74. The molecule has 0 N–H and O–H groups in total. The molecule has 0 atom stereocenters. The van der Waals surface area contributed by atoms with Crippen LogP contribution in [0, 0.1) is 0 Å². The predicted octanol–water partition coefficient (Wildman–Crippen LogP) is 3.47. The van der Waals surface area contributed by atoms with Gasteiger partial charge in [-0.05, 0) is 35.4 Å². The summed E-state index contributed by atoms with van der Waals surface area (Å²) in [4.78, 5) is 11.9. The summed E-state index contributed by atoms with van der Waals surface area (Å²) >= 11 is 11.6. The first-order valence-corrected chi connectivity index (χ1v) is 13.3. The first kappa shape index (κ1) is 25.7. The number of aromatic nitrogens is 4. The van der Waals surface area contributed by atoms with Crippen LogP contribution in [0.1, 0.15) is 16.7 Å². The highest BCUT2D eigenvalue weighted by atomic mass is 35.5. The monoisotopic (exact) mass is 519 g/mol. The van der Waals surface area contributed by atoms with Gasteiger partial charge in [0.2, 0.25) is 0 Å². The number of benzene rings is 1. The minimum atomic E-state index is -3.37. The zero-order chi connectivity index (χ0) is 24.7. The van der Waals surface area contributed by atoms with Crippen molar-refractivity contribution in [3.63, 3.8) is 0 Å². The third-order valence-corrected chi connectivity index (χ3v) is 6.79. The van der Waals surface area contributed by atoms with Gasteiger partial charge in [-0.3, -0.25) is 4.79 Å². The Morgan fingerprint density at radius 2 is 1.76 bits per heavy atom. The molecule has 34 heavy (non-hydrogen) atoms. The number of alkyl halides is 2. The van der Waals surface area contributed by atoms with Gasteiger partial charge in [-0.15, -0.1) is 27.9 Å². The first-order valence-electron chi connectivity index (χ1n) is 10.3. The molecule has 0 amide bonds. The molecular weight excluding hydrogens is 495 g/mol. The molecule has 4 aromatic rings. The molecule has 3 aromatic heterocycles. The molecule has 7 nitrogen and oxygen atoms in total. The molecule has 0 saturated heterocycles. The lowest BCUT2D eigenvalue weighted by Gasteiger charge is -2.11. The van der Waals surface area contributed by atoms with E-state index in [4.69, 9.17) is 23.2 Å². The van der Waals surface area contributed by atoms with Crippen molar-refractivity contribution >= 4 is 33.0 Å². The second-order valence-electron chi connectivity index (χ2n) is 7.57. The molecular formula is C24H25Cl2N4O3S+. The molecule has 4 rings (SSSR count). The molecule has 0 spiro atoms. The Morgan fingerprint density at radius 1 is 0.971 bits per heavy atom. The van der Waals surface area contributed by atoms with Gasteiger partial charge in [0.25, 0.3) is 5.56 Å². The lowest BCUT2D eigenvalue weighted by molar-refractivity contribution is -0.666. The van der Waals surface area contributed by atoms with Gasteiger partial charge in [0.1, 0.15) is 6.20 Å². The van der Waals surface area contributed by atoms with E-state index >= 15 is 0 Å². The van der Waals surface area contributed by atoms with Crippen molar-refractivity contribution in [2.45, 2.75) is 23.2 Å². The van der Waals surface area contributed by atoms with Crippen molar-refractivity contribution in [1.29, 1.82) is 0 Å². The van der Waals surface area contributed by atoms with Crippen LogP contribution >= 0.6 is 23.2 Å². The summed E-state index contributed by atoms with van der Waals surface area (Å²) in [6.45, 7) is 0.213. The van der Waals surface area contributed by atoms with E-state index in [1.807, 2.05) is 46.9 Å². The maximum Gasteiger partial charge on any atom is 0.311 e. The number of hydrogen-bond acceptors (Lipinski definition) is 4. The molecule has 0 bridgehead atoms. The number of sulfone groups is 1. The lowest BCUT2D eigenvalue weighted by Crippen LogP contribution is -2.34. The van der Waals surface area contributed by atoms with E-state index in [0.29, 0.717) is 11.4 Å².